The third-order valence-electron chi connectivity index (χ3n) is 5.10. The van der Waals surface area contributed by atoms with E-state index in [0.29, 0.717) is 11.3 Å². The lowest BCUT2D eigenvalue weighted by atomic mass is 10.1. The van der Waals surface area contributed by atoms with Gasteiger partial charge in [0.1, 0.15) is 0 Å². The Morgan fingerprint density at radius 2 is 1.87 bits per heavy atom. The Morgan fingerprint density at radius 3 is 2.71 bits per heavy atom. The molecule has 2 heterocycles. The van der Waals surface area contributed by atoms with Crippen LogP contribution in [0.1, 0.15) is 34.6 Å². The number of benzene rings is 2. The number of hydrogen-bond donors (Lipinski definition) is 3. The van der Waals surface area contributed by atoms with Crippen LogP contribution < -0.4 is 20.9 Å². The van der Waals surface area contributed by atoms with Crippen LogP contribution in [0.2, 0.25) is 0 Å². The first-order chi connectivity index (χ1) is 15.0. The average Bonchev–Trinajstić information content (AvgIpc) is 3.21. The van der Waals surface area contributed by atoms with Crippen molar-refractivity contribution in [1.29, 1.82) is 0 Å². The minimum Gasteiger partial charge on any atom is -0.365 e. The van der Waals surface area contributed by atoms with Crippen LogP contribution in [-0.4, -0.2) is 24.5 Å². The number of hydrogen-bond acceptors (Lipinski definition) is 4. The highest BCUT2D eigenvalue weighted by atomic mass is 32.1. The number of carbonyl (C=O) groups excluding carboxylic acids is 2. The summed E-state index contributed by atoms with van der Waals surface area (Å²) in [6.45, 7) is 5.55. The van der Waals surface area contributed by atoms with Crippen LogP contribution in [0.5, 0.6) is 0 Å². The second kappa shape index (κ2) is 9.22. The van der Waals surface area contributed by atoms with E-state index in [0.717, 1.165) is 30.9 Å². The van der Waals surface area contributed by atoms with E-state index in [1.165, 1.54) is 10.4 Å². The smallest absolute Gasteiger partial charge is 0.319 e. The molecule has 160 valence electrons. The van der Waals surface area contributed by atoms with Crippen molar-refractivity contribution >= 4 is 40.3 Å². The highest BCUT2D eigenvalue weighted by molar-refractivity contribution is 7.10. The van der Waals surface area contributed by atoms with Crippen molar-refractivity contribution in [2.45, 2.75) is 32.9 Å². The molecule has 1 aliphatic rings. The van der Waals surface area contributed by atoms with Crippen molar-refractivity contribution < 1.29 is 9.59 Å². The van der Waals surface area contributed by atoms with Gasteiger partial charge >= 0.3 is 6.03 Å². The molecule has 3 N–H and O–H groups in total. The van der Waals surface area contributed by atoms with Crippen LogP contribution in [0.25, 0.3) is 0 Å². The number of nitrogens with one attached hydrogen (secondary N) is 3. The maximum Gasteiger partial charge on any atom is 0.319 e. The number of anilines is 3. The van der Waals surface area contributed by atoms with Gasteiger partial charge in [-0.25, -0.2) is 4.79 Å². The number of fused-ring (bicyclic) bond motifs is 1. The standard InChI is InChI=1S/C24H26N4O2S/c1-16(2)25-24(30)26-19-7-5-6-17(14-19)23(29)27-20-8-3-4-9-21(20)28-12-10-22-18(15-28)11-13-31-22/h3-9,11,13-14,16H,10,12,15H2,1-2H3,(H,27,29)(H2,25,26,30). The van der Waals surface area contributed by atoms with Crippen LogP contribution in [0.4, 0.5) is 21.9 Å². The molecule has 3 amide bonds. The Morgan fingerprint density at radius 1 is 1.03 bits per heavy atom. The first-order valence-corrected chi connectivity index (χ1v) is 11.3. The zero-order chi connectivity index (χ0) is 21.8. The summed E-state index contributed by atoms with van der Waals surface area (Å²) in [6, 6.07) is 16.7. The molecule has 0 unspecified atom stereocenters. The van der Waals surface area contributed by atoms with Crippen LogP contribution in [0.15, 0.2) is 60.0 Å². The van der Waals surface area contributed by atoms with Crippen molar-refractivity contribution in [2.24, 2.45) is 0 Å². The zero-order valence-corrected chi connectivity index (χ0v) is 18.5. The minimum absolute atomic E-state index is 0.0305. The highest BCUT2D eigenvalue weighted by Crippen LogP contribution is 2.32. The number of para-hydroxylation sites is 2. The molecule has 0 fully saturated rings. The molecule has 4 rings (SSSR count). The van der Waals surface area contributed by atoms with Crippen LogP contribution in [0.3, 0.4) is 0 Å². The first kappa shape index (κ1) is 20.9. The molecule has 0 atom stereocenters. The van der Waals surface area contributed by atoms with Crippen molar-refractivity contribution in [3.63, 3.8) is 0 Å². The second-order valence-corrected chi connectivity index (χ2v) is 8.85. The van der Waals surface area contributed by atoms with E-state index < -0.39 is 0 Å². The molecular formula is C24H26N4O2S. The van der Waals surface area contributed by atoms with Crippen molar-refractivity contribution in [3.8, 4) is 0 Å². The van der Waals surface area contributed by atoms with Crippen molar-refractivity contribution in [2.75, 3.05) is 22.1 Å². The van der Waals surface area contributed by atoms with Gasteiger partial charge in [-0.15, -0.1) is 11.3 Å². The van der Waals surface area contributed by atoms with Gasteiger partial charge in [0.05, 0.1) is 11.4 Å². The summed E-state index contributed by atoms with van der Waals surface area (Å²) in [4.78, 5) is 28.7. The lowest BCUT2D eigenvalue weighted by Gasteiger charge is -2.30. The molecule has 0 radical (unpaired) electrons. The van der Waals surface area contributed by atoms with E-state index in [1.54, 1.807) is 24.3 Å². The third kappa shape index (κ3) is 5.06. The van der Waals surface area contributed by atoms with E-state index in [9.17, 15) is 9.59 Å². The van der Waals surface area contributed by atoms with E-state index in [2.05, 4.69) is 32.3 Å². The highest BCUT2D eigenvalue weighted by Gasteiger charge is 2.20. The predicted octanol–water partition coefficient (Wildman–Crippen LogP) is 5.09. The Kier molecular flexibility index (Phi) is 6.23. The van der Waals surface area contributed by atoms with Gasteiger partial charge < -0.3 is 20.9 Å². The number of urea groups is 1. The van der Waals surface area contributed by atoms with E-state index >= 15 is 0 Å². The Hall–Kier alpha value is -3.32. The average molecular weight is 435 g/mol. The van der Waals surface area contributed by atoms with Gasteiger partial charge in [-0.1, -0.05) is 18.2 Å². The maximum absolute atomic E-state index is 13.0. The van der Waals surface area contributed by atoms with Crippen molar-refractivity contribution in [3.05, 3.63) is 76.0 Å². The maximum atomic E-state index is 13.0. The molecule has 6 nitrogen and oxygen atoms in total. The molecule has 1 aromatic heterocycles. The summed E-state index contributed by atoms with van der Waals surface area (Å²) in [7, 11) is 0. The fraction of sp³-hybridized carbons (Fsp3) is 0.250. The normalized spacial score (nSPS) is 12.9. The van der Waals surface area contributed by atoms with E-state index in [1.807, 2.05) is 49.4 Å². The Balaban J connectivity index is 1.48. The number of amides is 3. The van der Waals surface area contributed by atoms with Gasteiger partial charge in [-0.05, 0) is 67.6 Å². The largest absolute Gasteiger partial charge is 0.365 e. The molecule has 7 heteroatoms. The molecular weight excluding hydrogens is 408 g/mol. The minimum atomic E-state index is -0.296. The molecule has 1 aliphatic heterocycles. The summed E-state index contributed by atoms with van der Waals surface area (Å²) in [6.07, 6.45) is 1.02. The van der Waals surface area contributed by atoms with Gasteiger partial charge in [0.2, 0.25) is 0 Å². The Labute approximate surface area is 186 Å². The van der Waals surface area contributed by atoms with E-state index in [-0.39, 0.29) is 18.0 Å². The lowest BCUT2D eigenvalue weighted by Crippen LogP contribution is -2.34. The molecule has 2 aromatic carbocycles. The zero-order valence-electron chi connectivity index (χ0n) is 17.6. The van der Waals surface area contributed by atoms with Gasteiger partial charge in [0, 0.05) is 35.3 Å². The number of rotatable bonds is 5. The van der Waals surface area contributed by atoms with Gasteiger partial charge in [-0.2, -0.15) is 0 Å². The SMILES string of the molecule is CC(C)NC(=O)Nc1cccc(C(=O)Nc2ccccc2N2CCc3sccc3C2)c1. The predicted molar refractivity (Wildman–Crippen MR) is 127 cm³/mol. The monoisotopic (exact) mass is 434 g/mol. The molecule has 0 aliphatic carbocycles. The lowest BCUT2D eigenvalue weighted by molar-refractivity contribution is 0.102. The Bertz CT molecular complexity index is 1090. The fourth-order valence-corrected chi connectivity index (χ4v) is 4.56. The summed E-state index contributed by atoms with van der Waals surface area (Å²) in [5, 5.41) is 10.7. The van der Waals surface area contributed by atoms with E-state index in [4.69, 9.17) is 0 Å². The fourth-order valence-electron chi connectivity index (χ4n) is 3.67. The van der Waals surface area contributed by atoms with Crippen LogP contribution in [0, 0.1) is 0 Å². The van der Waals surface area contributed by atoms with Crippen LogP contribution in [-0.2, 0) is 13.0 Å². The number of carbonyl (C=O) groups is 2. The summed E-state index contributed by atoms with van der Waals surface area (Å²) in [5.74, 6) is -0.214. The quantitative estimate of drug-likeness (QED) is 0.523. The molecule has 0 saturated heterocycles. The molecule has 0 bridgehead atoms. The first-order valence-electron chi connectivity index (χ1n) is 10.4. The van der Waals surface area contributed by atoms with Crippen molar-refractivity contribution in [1.82, 2.24) is 5.32 Å². The van der Waals surface area contributed by atoms with Gasteiger partial charge in [0.25, 0.3) is 5.91 Å². The summed E-state index contributed by atoms with van der Waals surface area (Å²) >= 11 is 1.81. The number of thiophene rings is 1. The second-order valence-electron chi connectivity index (χ2n) is 7.85. The number of nitrogens with zero attached hydrogens (tertiary/aromatic N) is 1. The van der Waals surface area contributed by atoms with Gasteiger partial charge in [-0.3, -0.25) is 4.79 Å². The molecule has 31 heavy (non-hydrogen) atoms. The topological polar surface area (TPSA) is 73.5 Å². The molecule has 0 spiro atoms. The molecule has 0 saturated carbocycles. The van der Waals surface area contributed by atoms with Gasteiger partial charge in [0.15, 0.2) is 0 Å². The third-order valence-corrected chi connectivity index (χ3v) is 6.13. The van der Waals surface area contributed by atoms with Crippen LogP contribution >= 0.6 is 11.3 Å². The summed E-state index contributed by atoms with van der Waals surface area (Å²) < 4.78 is 0. The molecule has 3 aromatic rings. The summed E-state index contributed by atoms with van der Waals surface area (Å²) in [5.41, 5.74) is 4.20.